The maximum Gasteiger partial charge on any atom is 0.323 e. The lowest BCUT2D eigenvalue weighted by molar-refractivity contribution is -0.119. The summed E-state index contributed by atoms with van der Waals surface area (Å²) in [6.07, 6.45) is 1.21. The summed E-state index contributed by atoms with van der Waals surface area (Å²) in [6.45, 7) is 1.92. The van der Waals surface area contributed by atoms with Crippen LogP contribution in [0.1, 0.15) is 19.8 Å². The average molecular weight is 278 g/mol. The molecule has 100 valence electrons. The molecule has 4 N–H and O–H groups in total. The van der Waals surface area contributed by atoms with Gasteiger partial charge in [-0.3, -0.25) is 4.79 Å². The van der Waals surface area contributed by atoms with Crippen LogP contribution in [0, 0.1) is 0 Å². The molecule has 2 aromatic rings. The number of carbonyl (C=O) groups is 1. The highest BCUT2D eigenvalue weighted by Gasteiger charge is 2.05. The predicted molar refractivity (Wildman–Crippen MR) is 78.2 cm³/mol. The smallest absolute Gasteiger partial charge is 0.323 e. The lowest BCUT2D eigenvalue weighted by atomic mass is 10.3. The van der Waals surface area contributed by atoms with Gasteiger partial charge in [-0.25, -0.2) is 4.79 Å². The van der Waals surface area contributed by atoms with Crippen molar-refractivity contribution in [2.24, 2.45) is 0 Å². The van der Waals surface area contributed by atoms with Crippen molar-refractivity contribution in [2.75, 3.05) is 5.32 Å². The number of aromatic amines is 2. The van der Waals surface area contributed by atoms with Crippen molar-refractivity contribution in [3.63, 3.8) is 0 Å². The summed E-state index contributed by atoms with van der Waals surface area (Å²) in [5.41, 5.74) is 1.84. The Labute approximate surface area is 114 Å². The summed E-state index contributed by atoms with van der Waals surface area (Å²) in [5.74, 6) is -0.115. The molecule has 0 atom stereocenters. The first-order valence-electron chi connectivity index (χ1n) is 5.91. The van der Waals surface area contributed by atoms with E-state index < -0.39 is 0 Å². The zero-order chi connectivity index (χ0) is 13.8. The Morgan fingerprint density at radius 3 is 2.79 bits per heavy atom. The predicted octanol–water partition coefficient (Wildman–Crippen LogP) is 1.47. The van der Waals surface area contributed by atoms with E-state index in [9.17, 15) is 9.59 Å². The van der Waals surface area contributed by atoms with E-state index in [-0.39, 0.29) is 16.7 Å². The second kappa shape index (κ2) is 5.66. The van der Waals surface area contributed by atoms with Gasteiger partial charge in [0.2, 0.25) is 5.91 Å². The number of thiocarbonyl (C=S) groups is 1. The van der Waals surface area contributed by atoms with Gasteiger partial charge < -0.3 is 20.6 Å². The Morgan fingerprint density at radius 2 is 2.05 bits per heavy atom. The Morgan fingerprint density at radius 1 is 1.32 bits per heavy atom. The maximum absolute atomic E-state index is 11.4. The van der Waals surface area contributed by atoms with Crippen LogP contribution in [0.25, 0.3) is 11.0 Å². The van der Waals surface area contributed by atoms with Crippen LogP contribution in [0.5, 0.6) is 0 Å². The maximum atomic E-state index is 11.4. The van der Waals surface area contributed by atoms with E-state index in [2.05, 4.69) is 20.6 Å². The summed E-state index contributed by atoms with van der Waals surface area (Å²) in [4.78, 5) is 27.8. The molecule has 0 aliphatic heterocycles. The number of amides is 1. The normalized spacial score (nSPS) is 10.4. The highest BCUT2D eigenvalue weighted by Crippen LogP contribution is 2.14. The summed E-state index contributed by atoms with van der Waals surface area (Å²) in [6, 6.07) is 5.27. The number of carbonyl (C=O) groups excluding carboxylic acids is 1. The molecule has 1 aromatic carbocycles. The first-order chi connectivity index (χ1) is 9.08. The van der Waals surface area contributed by atoms with Gasteiger partial charge in [-0.05, 0) is 36.8 Å². The zero-order valence-electron chi connectivity index (χ0n) is 10.4. The number of hydrogen-bond acceptors (Lipinski definition) is 3. The van der Waals surface area contributed by atoms with E-state index in [4.69, 9.17) is 12.2 Å². The number of aromatic nitrogens is 2. The monoisotopic (exact) mass is 278 g/mol. The number of fused-ring (bicyclic) bond motifs is 1. The molecule has 0 saturated heterocycles. The highest BCUT2D eigenvalue weighted by molar-refractivity contribution is 7.80. The lowest BCUT2D eigenvalue weighted by Crippen LogP contribution is -2.33. The van der Waals surface area contributed by atoms with Crippen LogP contribution in [0.3, 0.4) is 0 Å². The molecular formula is C12H14N4O2S. The number of hydrogen-bond donors (Lipinski definition) is 4. The van der Waals surface area contributed by atoms with Gasteiger partial charge in [-0.15, -0.1) is 0 Å². The number of rotatable bonds is 3. The molecule has 0 radical (unpaired) electrons. The summed E-state index contributed by atoms with van der Waals surface area (Å²) >= 11 is 5.03. The number of H-pyrrole nitrogens is 2. The van der Waals surface area contributed by atoms with Crippen LogP contribution in [0.2, 0.25) is 0 Å². The van der Waals surface area contributed by atoms with E-state index in [1.165, 1.54) is 0 Å². The van der Waals surface area contributed by atoms with E-state index in [1.807, 2.05) is 6.92 Å². The van der Waals surface area contributed by atoms with E-state index in [0.29, 0.717) is 17.6 Å². The average Bonchev–Trinajstić information content (AvgIpc) is 2.68. The van der Waals surface area contributed by atoms with Crippen LogP contribution >= 0.6 is 12.2 Å². The first kappa shape index (κ1) is 13.3. The van der Waals surface area contributed by atoms with Gasteiger partial charge in [-0.1, -0.05) is 6.92 Å². The summed E-state index contributed by atoms with van der Waals surface area (Å²) in [5, 5.41) is 5.73. The molecule has 19 heavy (non-hydrogen) atoms. The van der Waals surface area contributed by atoms with Crippen molar-refractivity contribution >= 4 is 40.0 Å². The standard InChI is InChI=1S/C12H14N4O2S/c1-2-3-10(17)16-12(19)13-7-4-5-8-9(6-7)15-11(18)14-8/h4-6H,2-3H2,1H3,(H2,14,15,18)(H2,13,16,17,19). The fraction of sp³-hybridized carbons (Fsp3) is 0.250. The first-order valence-corrected chi connectivity index (χ1v) is 6.32. The fourth-order valence-corrected chi connectivity index (χ4v) is 1.92. The van der Waals surface area contributed by atoms with E-state index in [1.54, 1.807) is 18.2 Å². The van der Waals surface area contributed by atoms with Gasteiger partial charge in [0.25, 0.3) is 0 Å². The fourth-order valence-electron chi connectivity index (χ4n) is 1.69. The molecule has 0 bridgehead atoms. The number of imidazole rings is 1. The molecule has 0 unspecified atom stereocenters. The molecule has 2 rings (SSSR count). The molecule has 7 heteroatoms. The minimum absolute atomic E-state index is 0.115. The van der Waals surface area contributed by atoms with Gasteiger partial charge in [0, 0.05) is 12.1 Å². The van der Waals surface area contributed by atoms with Crippen LogP contribution in [-0.4, -0.2) is 21.0 Å². The molecule has 0 fully saturated rings. The minimum Gasteiger partial charge on any atom is -0.332 e. The third kappa shape index (κ3) is 3.41. The Kier molecular flexibility index (Phi) is 3.96. The minimum atomic E-state index is -0.258. The second-order valence-corrected chi connectivity index (χ2v) is 4.50. The van der Waals surface area contributed by atoms with Crippen molar-refractivity contribution in [1.82, 2.24) is 15.3 Å². The summed E-state index contributed by atoms with van der Waals surface area (Å²) in [7, 11) is 0. The third-order valence-corrected chi connectivity index (χ3v) is 2.71. The van der Waals surface area contributed by atoms with Crippen molar-refractivity contribution in [3.05, 3.63) is 28.7 Å². The molecule has 0 aliphatic carbocycles. The molecule has 0 saturated carbocycles. The lowest BCUT2D eigenvalue weighted by Gasteiger charge is -2.09. The molecule has 0 aliphatic rings. The molecule has 1 amide bonds. The number of benzene rings is 1. The molecule has 6 nitrogen and oxygen atoms in total. The Hall–Kier alpha value is -2.15. The van der Waals surface area contributed by atoms with Crippen molar-refractivity contribution in [2.45, 2.75) is 19.8 Å². The Balaban J connectivity index is 2.06. The van der Waals surface area contributed by atoms with Crippen molar-refractivity contribution < 1.29 is 4.79 Å². The molecule has 1 heterocycles. The van der Waals surface area contributed by atoms with Gasteiger partial charge in [-0.2, -0.15) is 0 Å². The largest absolute Gasteiger partial charge is 0.332 e. The van der Waals surface area contributed by atoms with Crippen LogP contribution in [-0.2, 0) is 4.79 Å². The van der Waals surface area contributed by atoms with E-state index >= 15 is 0 Å². The van der Waals surface area contributed by atoms with E-state index in [0.717, 1.165) is 11.9 Å². The second-order valence-electron chi connectivity index (χ2n) is 4.09. The number of nitrogens with one attached hydrogen (secondary N) is 4. The molecule has 1 aromatic heterocycles. The van der Waals surface area contributed by atoms with Crippen LogP contribution < -0.4 is 16.3 Å². The Bertz CT molecular complexity index is 674. The topological polar surface area (TPSA) is 89.8 Å². The zero-order valence-corrected chi connectivity index (χ0v) is 11.2. The SMILES string of the molecule is CCCC(=O)NC(=S)Nc1ccc2[nH]c(=O)[nH]c2c1. The van der Waals surface area contributed by atoms with Crippen molar-refractivity contribution in [1.29, 1.82) is 0 Å². The molecule has 0 spiro atoms. The van der Waals surface area contributed by atoms with Crippen LogP contribution in [0.15, 0.2) is 23.0 Å². The van der Waals surface area contributed by atoms with Crippen LogP contribution in [0.4, 0.5) is 5.69 Å². The van der Waals surface area contributed by atoms with Gasteiger partial charge in [0.05, 0.1) is 11.0 Å². The number of anilines is 1. The quantitative estimate of drug-likeness (QED) is 0.640. The van der Waals surface area contributed by atoms with Gasteiger partial charge >= 0.3 is 5.69 Å². The van der Waals surface area contributed by atoms with Gasteiger partial charge in [0.1, 0.15) is 0 Å². The van der Waals surface area contributed by atoms with Gasteiger partial charge in [0.15, 0.2) is 5.11 Å². The highest BCUT2D eigenvalue weighted by atomic mass is 32.1. The molecular weight excluding hydrogens is 264 g/mol. The third-order valence-electron chi connectivity index (χ3n) is 2.50. The van der Waals surface area contributed by atoms with Crippen molar-refractivity contribution in [3.8, 4) is 0 Å². The summed E-state index contributed by atoms with van der Waals surface area (Å²) < 4.78 is 0.